The molecule has 0 aliphatic carbocycles. The number of nitrogens with zero attached hydrogens (tertiary/aromatic N) is 5. The third kappa shape index (κ3) is 6.16. The van der Waals surface area contributed by atoms with Gasteiger partial charge in [0.1, 0.15) is 5.82 Å². The van der Waals surface area contributed by atoms with Gasteiger partial charge < -0.3 is 19.3 Å². The van der Waals surface area contributed by atoms with Crippen molar-refractivity contribution in [2.45, 2.75) is 12.8 Å². The van der Waals surface area contributed by atoms with Crippen molar-refractivity contribution in [3.8, 4) is 10.7 Å². The van der Waals surface area contributed by atoms with Crippen molar-refractivity contribution in [1.29, 1.82) is 0 Å². The topological polar surface area (TPSA) is 71.0 Å². The number of fused-ring (bicyclic) bond motifs is 1. The van der Waals surface area contributed by atoms with E-state index in [4.69, 9.17) is 19.4 Å². The van der Waals surface area contributed by atoms with Crippen LogP contribution in [-0.2, 0) is 14.3 Å². The van der Waals surface area contributed by atoms with Crippen LogP contribution >= 0.6 is 11.3 Å². The highest BCUT2D eigenvalue weighted by Gasteiger charge is 2.21. The molecule has 5 rings (SSSR count). The Kier molecular flexibility index (Phi) is 8.20. The van der Waals surface area contributed by atoms with Gasteiger partial charge in [-0.15, -0.1) is 11.3 Å². The van der Waals surface area contributed by atoms with Gasteiger partial charge in [0.15, 0.2) is 5.82 Å². The Bertz CT molecular complexity index is 1100. The van der Waals surface area contributed by atoms with Crippen molar-refractivity contribution in [1.82, 2.24) is 19.8 Å². The minimum atomic E-state index is 0.184. The van der Waals surface area contributed by atoms with Crippen LogP contribution in [0.3, 0.4) is 0 Å². The number of amides is 1. The summed E-state index contributed by atoms with van der Waals surface area (Å²) in [5.41, 5.74) is 0.929. The summed E-state index contributed by atoms with van der Waals surface area (Å²) >= 11 is 1.64. The third-order valence-corrected chi connectivity index (χ3v) is 7.46. The van der Waals surface area contributed by atoms with Crippen LogP contribution in [0.2, 0.25) is 0 Å². The number of benzene rings is 1. The highest BCUT2D eigenvalue weighted by molar-refractivity contribution is 7.13. The summed E-state index contributed by atoms with van der Waals surface area (Å²) in [6, 6.07) is 12.3. The molecular formula is C26H33N5O3S. The molecule has 0 spiro atoms. The molecule has 2 aliphatic heterocycles. The number of para-hydroxylation sites is 1. The van der Waals surface area contributed by atoms with Crippen LogP contribution in [0.5, 0.6) is 0 Å². The smallest absolute Gasteiger partial charge is 0.224 e. The lowest BCUT2D eigenvalue weighted by atomic mass is 10.2. The van der Waals surface area contributed by atoms with Crippen molar-refractivity contribution in [3.63, 3.8) is 0 Å². The third-order valence-electron chi connectivity index (χ3n) is 6.59. The maximum Gasteiger partial charge on any atom is 0.224 e. The molecule has 8 nitrogen and oxygen atoms in total. The molecular weight excluding hydrogens is 462 g/mol. The molecule has 0 unspecified atom stereocenters. The van der Waals surface area contributed by atoms with Crippen molar-refractivity contribution in [2.75, 3.05) is 77.1 Å². The lowest BCUT2D eigenvalue weighted by molar-refractivity contribution is -0.135. The first-order chi connectivity index (χ1) is 17.3. The van der Waals surface area contributed by atoms with E-state index in [2.05, 4.69) is 27.3 Å². The van der Waals surface area contributed by atoms with E-state index in [1.54, 1.807) is 11.3 Å². The van der Waals surface area contributed by atoms with Gasteiger partial charge in [-0.05, 0) is 30.0 Å². The predicted molar refractivity (Wildman–Crippen MR) is 139 cm³/mol. The molecule has 2 aromatic heterocycles. The molecule has 186 valence electrons. The number of aromatic nitrogens is 2. The summed E-state index contributed by atoms with van der Waals surface area (Å²) < 4.78 is 10.9. The van der Waals surface area contributed by atoms with E-state index in [1.807, 2.05) is 29.2 Å². The summed E-state index contributed by atoms with van der Waals surface area (Å²) in [6.07, 6.45) is 1.46. The van der Waals surface area contributed by atoms with E-state index < -0.39 is 0 Å². The number of ether oxygens (including phenoxy) is 2. The van der Waals surface area contributed by atoms with Crippen LogP contribution in [0.15, 0.2) is 41.8 Å². The Morgan fingerprint density at radius 1 is 0.943 bits per heavy atom. The zero-order chi connectivity index (χ0) is 23.9. The molecule has 0 atom stereocenters. The molecule has 9 heteroatoms. The van der Waals surface area contributed by atoms with Gasteiger partial charge >= 0.3 is 0 Å². The number of carbonyl (C=O) groups excluding carboxylic acids is 1. The van der Waals surface area contributed by atoms with Gasteiger partial charge in [-0.1, -0.05) is 18.2 Å². The maximum absolute atomic E-state index is 13.0. The predicted octanol–water partition coefficient (Wildman–Crippen LogP) is 3.14. The van der Waals surface area contributed by atoms with E-state index >= 15 is 0 Å². The largest absolute Gasteiger partial charge is 0.379 e. The maximum atomic E-state index is 13.0. The lowest BCUT2D eigenvalue weighted by Gasteiger charge is -2.31. The van der Waals surface area contributed by atoms with E-state index in [9.17, 15) is 4.79 Å². The average Bonchev–Trinajstić information content (AvgIpc) is 3.46. The van der Waals surface area contributed by atoms with Crippen LogP contribution in [-0.4, -0.2) is 97.9 Å². The van der Waals surface area contributed by atoms with Gasteiger partial charge in [0.25, 0.3) is 0 Å². The number of thiophene rings is 1. The van der Waals surface area contributed by atoms with E-state index in [0.717, 1.165) is 73.2 Å². The minimum Gasteiger partial charge on any atom is -0.379 e. The van der Waals surface area contributed by atoms with Crippen molar-refractivity contribution in [2.24, 2.45) is 0 Å². The summed E-state index contributed by atoms with van der Waals surface area (Å²) in [7, 11) is 0. The number of carbonyl (C=O) groups is 1. The molecule has 4 heterocycles. The fourth-order valence-corrected chi connectivity index (χ4v) is 5.31. The molecule has 0 saturated carbocycles. The second-order valence-corrected chi connectivity index (χ2v) is 9.85. The van der Waals surface area contributed by atoms with Crippen LogP contribution < -0.4 is 4.90 Å². The Balaban J connectivity index is 1.38. The number of hydrogen-bond donors (Lipinski definition) is 0. The SMILES string of the molecule is O=C(CCN(CCCN1CCOCC1)c1nc(-c2cccs2)nc2ccccc12)N1CCOCC1. The number of hydrogen-bond acceptors (Lipinski definition) is 8. The molecule has 1 aromatic carbocycles. The van der Waals surface area contributed by atoms with E-state index in [1.165, 1.54) is 0 Å². The minimum absolute atomic E-state index is 0.184. The zero-order valence-corrected chi connectivity index (χ0v) is 20.9. The molecule has 35 heavy (non-hydrogen) atoms. The van der Waals surface area contributed by atoms with Crippen LogP contribution in [0.25, 0.3) is 21.6 Å². The average molecular weight is 496 g/mol. The Labute approximate surface area is 210 Å². The second-order valence-electron chi connectivity index (χ2n) is 8.90. The van der Waals surface area contributed by atoms with Crippen LogP contribution in [0, 0.1) is 0 Å². The number of rotatable bonds is 9. The van der Waals surface area contributed by atoms with E-state index in [0.29, 0.717) is 39.3 Å². The first kappa shape index (κ1) is 24.1. The molecule has 1 amide bonds. The standard InChI is InChI=1S/C26H33N5O3S/c32-24(30-14-18-34-19-15-30)8-11-31(10-4-9-29-12-16-33-17-13-29)26-21-5-1-2-6-22(21)27-25(28-26)23-7-3-20-35-23/h1-3,5-7,20H,4,8-19H2. The molecule has 3 aromatic rings. The van der Waals surface area contributed by atoms with Gasteiger partial charge in [-0.25, -0.2) is 9.97 Å². The second kappa shape index (κ2) is 11.9. The molecule has 0 bridgehead atoms. The first-order valence-electron chi connectivity index (χ1n) is 12.5. The Morgan fingerprint density at radius 3 is 2.49 bits per heavy atom. The molecule has 0 N–H and O–H groups in total. The van der Waals surface area contributed by atoms with Crippen molar-refractivity contribution >= 4 is 34.0 Å². The monoisotopic (exact) mass is 495 g/mol. The zero-order valence-electron chi connectivity index (χ0n) is 20.1. The highest BCUT2D eigenvalue weighted by Crippen LogP contribution is 2.30. The number of anilines is 1. The molecule has 2 fully saturated rings. The van der Waals surface area contributed by atoms with Gasteiger partial charge in [-0.2, -0.15) is 0 Å². The van der Waals surface area contributed by atoms with E-state index in [-0.39, 0.29) is 5.91 Å². The fraction of sp³-hybridized carbons (Fsp3) is 0.500. The summed E-state index contributed by atoms with van der Waals surface area (Å²) in [5.74, 6) is 1.84. The molecule has 2 aliphatic rings. The highest BCUT2D eigenvalue weighted by atomic mass is 32.1. The van der Waals surface area contributed by atoms with Gasteiger partial charge in [0, 0.05) is 57.6 Å². The number of morpholine rings is 2. The summed E-state index contributed by atoms with van der Waals surface area (Å²) in [4.78, 5) is 30.6. The molecule has 0 radical (unpaired) electrons. The van der Waals surface area contributed by atoms with Crippen molar-refractivity contribution < 1.29 is 14.3 Å². The lowest BCUT2D eigenvalue weighted by Crippen LogP contribution is -2.42. The Morgan fingerprint density at radius 2 is 1.71 bits per heavy atom. The summed E-state index contributed by atoms with van der Waals surface area (Å²) in [6.45, 7) is 8.63. The van der Waals surface area contributed by atoms with Gasteiger partial charge in [0.05, 0.1) is 36.8 Å². The summed E-state index contributed by atoms with van der Waals surface area (Å²) in [5, 5.41) is 3.08. The van der Waals surface area contributed by atoms with Crippen LogP contribution in [0.4, 0.5) is 5.82 Å². The quantitative estimate of drug-likeness (QED) is 0.452. The van der Waals surface area contributed by atoms with Crippen LogP contribution in [0.1, 0.15) is 12.8 Å². The molecule has 2 saturated heterocycles. The first-order valence-corrected chi connectivity index (χ1v) is 13.4. The van der Waals surface area contributed by atoms with Gasteiger partial charge in [0.2, 0.25) is 5.91 Å². The fourth-order valence-electron chi connectivity index (χ4n) is 4.65. The Hall–Kier alpha value is -2.59. The normalized spacial score (nSPS) is 17.1. The van der Waals surface area contributed by atoms with Gasteiger partial charge in [-0.3, -0.25) is 9.69 Å². The van der Waals surface area contributed by atoms with Crippen molar-refractivity contribution in [3.05, 3.63) is 41.8 Å².